The number of rotatable bonds is 8. The number of aliphatic imine (C=N–C) groups is 1. The number of morpholine rings is 1. The zero-order valence-corrected chi connectivity index (χ0v) is 17.8. The van der Waals surface area contributed by atoms with Gasteiger partial charge in [0.15, 0.2) is 5.96 Å². The summed E-state index contributed by atoms with van der Waals surface area (Å²) < 4.78 is 5.44. The molecule has 3 rings (SSSR count). The molecule has 0 radical (unpaired) electrons. The van der Waals surface area contributed by atoms with Crippen molar-refractivity contribution in [3.8, 4) is 0 Å². The van der Waals surface area contributed by atoms with Crippen LogP contribution in [-0.4, -0.2) is 50.3 Å². The minimum Gasteiger partial charge on any atom is -0.379 e. The number of benzene rings is 1. The number of hydrogen-bond donors (Lipinski definition) is 2. The molecule has 0 amide bonds. The van der Waals surface area contributed by atoms with Gasteiger partial charge in [-0.15, -0.1) is 0 Å². The first-order valence-electron chi connectivity index (χ1n) is 10.2. The van der Waals surface area contributed by atoms with Crippen LogP contribution in [0.25, 0.3) is 0 Å². The van der Waals surface area contributed by atoms with Gasteiger partial charge in [-0.1, -0.05) is 31.2 Å². The third-order valence-electron chi connectivity index (χ3n) is 4.95. The molecule has 1 saturated heterocycles. The van der Waals surface area contributed by atoms with Crippen molar-refractivity contribution in [1.82, 2.24) is 15.5 Å². The van der Waals surface area contributed by atoms with Gasteiger partial charge in [-0.05, 0) is 46.4 Å². The van der Waals surface area contributed by atoms with E-state index in [2.05, 4.69) is 70.5 Å². The van der Waals surface area contributed by atoms with Gasteiger partial charge in [-0.3, -0.25) is 4.90 Å². The minimum atomic E-state index is 0.465. The van der Waals surface area contributed by atoms with Crippen molar-refractivity contribution in [3.05, 3.63) is 57.8 Å². The fourth-order valence-electron chi connectivity index (χ4n) is 3.28. The fraction of sp³-hybridized carbons (Fsp3) is 0.500. The Balaban J connectivity index is 1.55. The molecule has 1 aliphatic rings. The highest BCUT2D eigenvalue weighted by Gasteiger charge is 2.11. The van der Waals surface area contributed by atoms with Crippen molar-refractivity contribution >= 4 is 17.3 Å². The standard InChI is InChI=1S/C22H32N4OS/c1-3-23-22(24-14-18(2)21-7-12-28-17-21)25-15-19-5-4-6-20(13-19)16-26-8-10-27-11-9-26/h4-7,12-13,17-18H,3,8-11,14-16H2,1-2H3,(H2,23,24,25). The van der Waals surface area contributed by atoms with Crippen molar-refractivity contribution in [2.24, 2.45) is 4.99 Å². The summed E-state index contributed by atoms with van der Waals surface area (Å²) in [7, 11) is 0. The molecule has 1 aliphatic heterocycles. The third kappa shape index (κ3) is 6.62. The number of thiophene rings is 1. The van der Waals surface area contributed by atoms with E-state index >= 15 is 0 Å². The van der Waals surface area contributed by atoms with Gasteiger partial charge in [0.1, 0.15) is 0 Å². The second kappa shape index (κ2) is 11.2. The van der Waals surface area contributed by atoms with Crippen LogP contribution in [0.4, 0.5) is 0 Å². The normalized spacial score (nSPS) is 16.7. The Kier molecular flexibility index (Phi) is 8.33. The van der Waals surface area contributed by atoms with Crippen LogP contribution in [0.2, 0.25) is 0 Å². The fourth-order valence-corrected chi connectivity index (χ4v) is 4.06. The Morgan fingerprint density at radius 2 is 2.04 bits per heavy atom. The van der Waals surface area contributed by atoms with Crippen LogP contribution in [0.5, 0.6) is 0 Å². The summed E-state index contributed by atoms with van der Waals surface area (Å²) in [6.45, 7) is 11.4. The van der Waals surface area contributed by atoms with Gasteiger partial charge >= 0.3 is 0 Å². The van der Waals surface area contributed by atoms with Gasteiger partial charge in [0.2, 0.25) is 0 Å². The molecular formula is C22H32N4OS. The molecule has 1 fully saturated rings. The smallest absolute Gasteiger partial charge is 0.191 e. The molecule has 1 aromatic heterocycles. The van der Waals surface area contributed by atoms with E-state index in [0.717, 1.165) is 51.9 Å². The van der Waals surface area contributed by atoms with Crippen LogP contribution in [0, 0.1) is 0 Å². The van der Waals surface area contributed by atoms with Gasteiger partial charge in [0.25, 0.3) is 0 Å². The van der Waals surface area contributed by atoms with Crippen molar-refractivity contribution in [1.29, 1.82) is 0 Å². The highest BCUT2D eigenvalue weighted by molar-refractivity contribution is 7.07. The van der Waals surface area contributed by atoms with Crippen molar-refractivity contribution in [2.45, 2.75) is 32.9 Å². The first-order chi connectivity index (χ1) is 13.7. The largest absolute Gasteiger partial charge is 0.379 e. The Morgan fingerprint density at radius 3 is 2.79 bits per heavy atom. The molecule has 1 unspecified atom stereocenters. The lowest BCUT2D eigenvalue weighted by Gasteiger charge is -2.26. The lowest BCUT2D eigenvalue weighted by molar-refractivity contribution is 0.0342. The van der Waals surface area contributed by atoms with Crippen LogP contribution < -0.4 is 10.6 Å². The Hall–Kier alpha value is -1.89. The molecule has 2 aromatic rings. The summed E-state index contributed by atoms with van der Waals surface area (Å²) in [5.41, 5.74) is 3.97. The number of nitrogens with one attached hydrogen (secondary N) is 2. The predicted octanol–water partition coefficient (Wildman–Crippen LogP) is 3.44. The molecule has 5 nitrogen and oxygen atoms in total. The molecular weight excluding hydrogens is 368 g/mol. The van der Waals surface area contributed by atoms with Crippen LogP contribution in [0.3, 0.4) is 0 Å². The molecule has 0 saturated carbocycles. The van der Waals surface area contributed by atoms with E-state index in [0.29, 0.717) is 12.5 Å². The van der Waals surface area contributed by atoms with Crippen molar-refractivity contribution in [3.63, 3.8) is 0 Å². The second-order valence-corrected chi connectivity index (χ2v) is 8.02. The van der Waals surface area contributed by atoms with Gasteiger partial charge in [-0.2, -0.15) is 11.3 Å². The monoisotopic (exact) mass is 400 g/mol. The van der Waals surface area contributed by atoms with Crippen LogP contribution >= 0.6 is 11.3 Å². The van der Waals surface area contributed by atoms with E-state index in [-0.39, 0.29) is 0 Å². The van der Waals surface area contributed by atoms with Gasteiger partial charge < -0.3 is 15.4 Å². The summed E-state index contributed by atoms with van der Waals surface area (Å²) in [4.78, 5) is 7.24. The lowest BCUT2D eigenvalue weighted by atomic mass is 10.1. The molecule has 0 aliphatic carbocycles. The Labute approximate surface area is 172 Å². The Morgan fingerprint density at radius 1 is 1.21 bits per heavy atom. The number of hydrogen-bond acceptors (Lipinski definition) is 4. The molecule has 2 heterocycles. The quantitative estimate of drug-likeness (QED) is 0.526. The highest BCUT2D eigenvalue weighted by Crippen LogP contribution is 2.17. The first-order valence-corrected chi connectivity index (χ1v) is 11.1. The first kappa shape index (κ1) is 20.8. The van der Waals surface area contributed by atoms with Crippen LogP contribution in [0.1, 0.15) is 36.5 Å². The van der Waals surface area contributed by atoms with E-state index in [1.807, 2.05) is 0 Å². The van der Waals surface area contributed by atoms with E-state index in [4.69, 9.17) is 9.73 Å². The summed E-state index contributed by atoms with van der Waals surface area (Å²) in [5.74, 6) is 1.34. The molecule has 6 heteroatoms. The minimum absolute atomic E-state index is 0.465. The summed E-state index contributed by atoms with van der Waals surface area (Å²) in [6, 6.07) is 11.0. The van der Waals surface area contributed by atoms with E-state index in [9.17, 15) is 0 Å². The maximum Gasteiger partial charge on any atom is 0.191 e. The van der Waals surface area contributed by atoms with E-state index < -0.39 is 0 Å². The van der Waals surface area contributed by atoms with Crippen LogP contribution in [0.15, 0.2) is 46.1 Å². The topological polar surface area (TPSA) is 48.9 Å². The molecule has 28 heavy (non-hydrogen) atoms. The maximum atomic E-state index is 5.44. The summed E-state index contributed by atoms with van der Waals surface area (Å²) >= 11 is 1.75. The highest BCUT2D eigenvalue weighted by atomic mass is 32.1. The zero-order chi connectivity index (χ0) is 19.6. The molecule has 0 spiro atoms. The molecule has 0 bridgehead atoms. The Bertz CT molecular complexity index is 726. The number of nitrogens with zero attached hydrogens (tertiary/aromatic N) is 2. The summed E-state index contributed by atoms with van der Waals surface area (Å²) in [6.07, 6.45) is 0. The number of ether oxygens (including phenoxy) is 1. The predicted molar refractivity (Wildman–Crippen MR) is 118 cm³/mol. The third-order valence-corrected chi connectivity index (χ3v) is 5.65. The average Bonchev–Trinajstić information content (AvgIpc) is 3.26. The average molecular weight is 401 g/mol. The van der Waals surface area contributed by atoms with E-state index in [1.165, 1.54) is 16.7 Å². The second-order valence-electron chi connectivity index (χ2n) is 7.24. The maximum absolute atomic E-state index is 5.44. The number of guanidine groups is 1. The SMILES string of the molecule is CCNC(=NCc1cccc(CN2CCOCC2)c1)NCC(C)c1ccsc1. The molecule has 1 aromatic carbocycles. The van der Waals surface area contributed by atoms with Crippen molar-refractivity contribution in [2.75, 3.05) is 39.4 Å². The molecule has 152 valence electrons. The van der Waals surface area contributed by atoms with E-state index in [1.54, 1.807) is 11.3 Å². The summed E-state index contributed by atoms with van der Waals surface area (Å²) in [5, 5.41) is 11.2. The van der Waals surface area contributed by atoms with Crippen molar-refractivity contribution < 1.29 is 4.74 Å². The molecule has 2 N–H and O–H groups in total. The molecule has 1 atom stereocenters. The van der Waals surface area contributed by atoms with Gasteiger partial charge in [-0.25, -0.2) is 4.99 Å². The lowest BCUT2D eigenvalue weighted by Crippen LogP contribution is -2.39. The van der Waals surface area contributed by atoms with Gasteiger partial charge in [0.05, 0.1) is 19.8 Å². The van der Waals surface area contributed by atoms with Gasteiger partial charge in [0, 0.05) is 32.7 Å². The zero-order valence-electron chi connectivity index (χ0n) is 17.0. The van der Waals surface area contributed by atoms with Crippen LogP contribution in [-0.2, 0) is 17.8 Å².